The highest BCUT2D eigenvalue weighted by Gasteiger charge is 2.17. The highest BCUT2D eigenvalue weighted by atomic mass is 16.5. The number of methoxy groups -OCH3 is 1. The van der Waals surface area contributed by atoms with Gasteiger partial charge in [-0.1, -0.05) is 94.4 Å². The Labute approximate surface area is 228 Å². The quantitative estimate of drug-likeness (QED) is 0.0850. The number of allylic oxidation sites excluding steroid dienone is 1. The summed E-state index contributed by atoms with van der Waals surface area (Å²) < 4.78 is 16.6. The normalized spacial score (nSPS) is 10.5. The maximum Gasteiger partial charge on any atom is 0.305 e. The minimum Gasteiger partial charge on any atom is -0.490 e. The van der Waals surface area contributed by atoms with Crippen molar-refractivity contribution in [1.82, 2.24) is 0 Å². The maximum absolute atomic E-state index is 13.1. The Kier molecular flexibility index (Phi) is 15.6. The van der Waals surface area contributed by atoms with Gasteiger partial charge in [0, 0.05) is 23.1 Å². The number of Topliss-reactive ketones (excluding diaryl/α,β-unsaturated/α-hetero) is 1. The third kappa shape index (κ3) is 10.3. The molecule has 3 aromatic carbocycles. The van der Waals surface area contributed by atoms with Crippen molar-refractivity contribution >= 4 is 17.5 Å². The van der Waals surface area contributed by atoms with Crippen LogP contribution in [0.5, 0.6) is 5.75 Å². The lowest BCUT2D eigenvalue weighted by atomic mass is 9.98. The summed E-state index contributed by atoms with van der Waals surface area (Å²) in [5, 5.41) is 0. The smallest absolute Gasteiger partial charge is 0.305 e. The Hall–Kier alpha value is -3.86. The summed E-state index contributed by atoms with van der Waals surface area (Å²) in [6, 6.07) is 24.7. The molecule has 0 aliphatic rings. The van der Waals surface area contributed by atoms with Gasteiger partial charge in [0.25, 0.3) is 0 Å². The maximum atomic E-state index is 13.1. The first-order valence-electron chi connectivity index (χ1n) is 13.3. The average molecular weight is 519 g/mol. The molecule has 3 aromatic rings. The molecule has 0 unspecified atom stereocenters. The van der Waals surface area contributed by atoms with Gasteiger partial charge < -0.3 is 14.2 Å². The first-order valence-corrected chi connectivity index (χ1v) is 13.3. The number of hydrogen-bond acceptors (Lipinski definition) is 5. The lowest BCUT2D eigenvalue weighted by molar-refractivity contribution is -0.140. The van der Waals surface area contributed by atoms with Crippen LogP contribution in [-0.4, -0.2) is 32.1 Å². The van der Waals surface area contributed by atoms with Crippen molar-refractivity contribution in [2.24, 2.45) is 0 Å². The summed E-state index contributed by atoms with van der Waals surface area (Å²) in [5.74, 6) is 0.982. The van der Waals surface area contributed by atoms with Crippen LogP contribution in [0.25, 0.3) is 5.76 Å². The molecular formula is C33H42O5. The molecular weight excluding hydrogens is 476 g/mol. The molecule has 0 heterocycles. The summed E-state index contributed by atoms with van der Waals surface area (Å²) in [5.41, 5.74) is 4.13. The van der Waals surface area contributed by atoms with E-state index in [4.69, 9.17) is 9.47 Å². The van der Waals surface area contributed by atoms with Crippen LogP contribution < -0.4 is 4.74 Å². The first kappa shape index (κ1) is 32.2. The zero-order valence-electron chi connectivity index (χ0n) is 23.9. The number of ether oxygens (including phenoxy) is 3. The Bertz CT molecular complexity index is 1130. The van der Waals surface area contributed by atoms with Crippen LogP contribution in [0.2, 0.25) is 0 Å². The van der Waals surface area contributed by atoms with Gasteiger partial charge in [-0.2, -0.15) is 0 Å². The van der Waals surface area contributed by atoms with E-state index < -0.39 is 0 Å². The molecule has 0 bridgehead atoms. The largest absolute Gasteiger partial charge is 0.490 e. The second kappa shape index (κ2) is 18.4. The molecule has 5 heteroatoms. The highest BCUT2D eigenvalue weighted by Crippen LogP contribution is 2.26. The van der Waals surface area contributed by atoms with Crippen LogP contribution in [0.4, 0.5) is 0 Å². The molecule has 0 saturated carbocycles. The number of benzene rings is 3. The van der Waals surface area contributed by atoms with Gasteiger partial charge in [-0.15, -0.1) is 0 Å². The average Bonchev–Trinajstić information content (AvgIpc) is 2.99. The monoisotopic (exact) mass is 518 g/mol. The SMILES string of the molecule is CC.CC.COC(=O)CCc1ccc(OCCO/C(=C(/C)C(=O)c2ccccc2)c2ccccc2C)cc1. The Balaban J connectivity index is 0.00000172. The van der Waals surface area contributed by atoms with Crippen LogP contribution in [0, 0.1) is 6.92 Å². The van der Waals surface area contributed by atoms with Gasteiger partial charge in [0.2, 0.25) is 0 Å². The summed E-state index contributed by atoms with van der Waals surface area (Å²) >= 11 is 0. The van der Waals surface area contributed by atoms with Gasteiger partial charge in [0.15, 0.2) is 5.78 Å². The third-order valence-electron chi connectivity index (χ3n) is 5.47. The van der Waals surface area contributed by atoms with Crippen LogP contribution in [0.15, 0.2) is 84.4 Å². The fourth-order valence-corrected chi connectivity index (χ4v) is 3.53. The van der Waals surface area contributed by atoms with E-state index in [1.165, 1.54) is 7.11 Å². The van der Waals surface area contributed by atoms with Gasteiger partial charge in [0.05, 0.1) is 7.11 Å². The van der Waals surface area contributed by atoms with Gasteiger partial charge >= 0.3 is 5.97 Å². The standard InChI is InChI=1S/C29H30O5.2C2H6/c1-21-9-7-8-12-26(21)29(22(2)28(31)24-10-5-4-6-11-24)34-20-19-33-25-16-13-23(14-17-25)15-18-27(30)32-3;2*1-2/h4-14,16-17H,15,18-20H2,1-3H3;2*1-2H3/b29-22-;;. The summed E-state index contributed by atoms with van der Waals surface area (Å²) in [6.07, 6.45) is 0.967. The fraction of sp³-hybridized carbons (Fsp3) is 0.333. The molecule has 3 rings (SSSR count). The number of carbonyl (C=O) groups is 2. The molecule has 204 valence electrons. The number of hydrogen-bond donors (Lipinski definition) is 0. The van der Waals surface area contributed by atoms with Crippen molar-refractivity contribution in [2.45, 2.75) is 54.4 Å². The Morgan fingerprint density at radius 2 is 1.37 bits per heavy atom. The fourth-order valence-electron chi connectivity index (χ4n) is 3.53. The topological polar surface area (TPSA) is 61.8 Å². The lowest BCUT2D eigenvalue weighted by Gasteiger charge is -2.16. The van der Waals surface area contributed by atoms with E-state index in [1.807, 2.05) is 101 Å². The predicted octanol–water partition coefficient (Wildman–Crippen LogP) is 7.86. The van der Waals surface area contributed by atoms with Gasteiger partial charge in [-0.3, -0.25) is 9.59 Å². The van der Waals surface area contributed by atoms with Crippen molar-refractivity contribution in [2.75, 3.05) is 20.3 Å². The molecule has 5 nitrogen and oxygen atoms in total. The number of ketones is 1. The van der Waals surface area contributed by atoms with Crippen LogP contribution in [0.1, 0.15) is 68.1 Å². The van der Waals surface area contributed by atoms with Crippen molar-refractivity contribution < 1.29 is 23.8 Å². The highest BCUT2D eigenvalue weighted by molar-refractivity contribution is 6.12. The molecule has 0 aromatic heterocycles. The number of aryl methyl sites for hydroxylation is 2. The van der Waals surface area contributed by atoms with Crippen molar-refractivity contribution in [3.63, 3.8) is 0 Å². The van der Waals surface area contributed by atoms with Crippen LogP contribution in [0.3, 0.4) is 0 Å². The molecule has 0 N–H and O–H groups in total. The van der Waals surface area contributed by atoms with E-state index in [-0.39, 0.29) is 18.4 Å². The zero-order chi connectivity index (χ0) is 28.3. The third-order valence-corrected chi connectivity index (χ3v) is 5.47. The van der Waals surface area contributed by atoms with Crippen molar-refractivity contribution in [3.8, 4) is 5.75 Å². The van der Waals surface area contributed by atoms with Crippen molar-refractivity contribution in [3.05, 3.63) is 107 Å². The van der Waals surface area contributed by atoms with Crippen LogP contribution in [-0.2, 0) is 20.7 Å². The molecule has 0 amide bonds. The molecule has 0 atom stereocenters. The first-order chi connectivity index (χ1) is 18.5. The van der Waals surface area contributed by atoms with Gasteiger partial charge in [0.1, 0.15) is 24.7 Å². The number of carbonyl (C=O) groups excluding carboxylic acids is 2. The van der Waals surface area contributed by atoms with E-state index in [1.54, 1.807) is 19.1 Å². The summed E-state index contributed by atoms with van der Waals surface area (Å²) in [6.45, 7) is 12.4. The summed E-state index contributed by atoms with van der Waals surface area (Å²) in [4.78, 5) is 24.4. The molecule has 0 spiro atoms. The summed E-state index contributed by atoms with van der Waals surface area (Å²) in [7, 11) is 1.39. The van der Waals surface area contributed by atoms with E-state index >= 15 is 0 Å². The van der Waals surface area contributed by atoms with Crippen LogP contribution >= 0.6 is 0 Å². The second-order valence-electron chi connectivity index (χ2n) is 7.88. The minimum atomic E-state index is -0.226. The predicted molar refractivity (Wildman–Crippen MR) is 155 cm³/mol. The van der Waals surface area contributed by atoms with E-state index in [2.05, 4.69) is 4.74 Å². The number of rotatable bonds is 11. The number of esters is 1. The molecule has 38 heavy (non-hydrogen) atoms. The van der Waals surface area contributed by atoms with E-state index in [9.17, 15) is 9.59 Å². The lowest BCUT2D eigenvalue weighted by Crippen LogP contribution is -2.11. The molecule has 0 fully saturated rings. The second-order valence-corrected chi connectivity index (χ2v) is 7.88. The molecule has 0 radical (unpaired) electrons. The van der Waals surface area contributed by atoms with Crippen molar-refractivity contribution in [1.29, 1.82) is 0 Å². The van der Waals surface area contributed by atoms with E-state index in [0.717, 1.165) is 16.7 Å². The zero-order valence-corrected chi connectivity index (χ0v) is 23.9. The molecule has 0 saturated heterocycles. The molecule has 0 aliphatic carbocycles. The van der Waals surface area contributed by atoms with Gasteiger partial charge in [-0.25, -0.2) is 0 Å². The minimum absolute atomic E-state index is 0.0673. The Morgan fingerprint density at radius 3 is 1.97 bits per heavy atom. The van der Waals surface area contributed by atoms with E-state index in [0.29, 0.717) is 42.1 Å². The van der Waals surface area contributed by atoms with Gasteiger partial charge in [-0.05, 0) is 43.5 Å². The Morgan fingerprint density at radius 1 is 0.763 bits per heavy atom. The molecule has 0 aliphatic heterocycles.